The van der Waals surface area contributed by atoms with Crippen LogP contribution in [0, 0.1) is 0 Å². The molecule has 2 rings (SSSR count). The van der Waals surface area contributed by atoms with Crippen LogP contribution in [0.3, 0.4) is 0 Å². The van der Waals surface area contributed by atoms with E-state index in [1.54, 1.807) is 12.1 Å². The van der Waals surface area contributed by atoms with Crippen LogP contribution in [0.25, 0.3) is 0 Å². The van der Waals surface area contributed by atoms with Gasteiger partial charge in [-0.05, 0) is 51.0 Å². The Labute approximate surface area is 132 Å². The summed E-state index contributed by atoms with van der Waals surface area (Å²) in [5.74, 6) is 1.22. The van der Waals surface area contributed by atoms with E-state index in [1.165, 1.54) is 6.42 Å². The minimum Gasteiger partial charge on any atom is -0.491 e. The second kappa shape index (κ2) is 7.17. The number of hydrogen-bond acceptors (Lipinski definition) is 2. The number of amides is 1. The second-order valence-corrected chi connectivity index (χ2v) is 6.39. The van der Waals surface area contributed by atoms with Gasteiger partial charge in [-0.2, -0.15) is 0 Å². The molecule has 1 aromatic carbocycles. The minimum atomic E-state index is -0.232. The Hall–Kier alpha value is -1.22. The number of benzene rings is 1. The standard InChI is InChI=1S/C17H24ClNO2/c1-13(2)21-15-8-6-14(7-9-15)16(20)19-17(12-18)10-4-3-5-11-17/h6-9,13H,3-5,10-12H2,1-2H3,(H,19,20). The number of ether oxygens (including phenoxy) is 1. The molecular weight excluding hydrogens is 286 g/mol. The van der Waals surface area contributed by atoms with E-state index in [2.05, 4.69) is 5.32 Å². The number of nitrogens with one attached hydrogen (secondary N) is 1. The van der Waals surface area contributed by atoms with Crippen molar-refractivity contribution in [1.29, 1.82) is 0 Å². The van der Waals surface area contributed by atoms with Crippen molar-refractivity contribution in [3.05, 3.63) is 29.8 Å². The molecule has 1 aliphatic carbocycles. The van der Waals surface area contributed by atoms with Crippen molar-refractivity contribution in [2.45, 2.75) is 57.6 Å². The number of halogens is 1. The first-order valence-electron chi connectivity index (χ1n) is 7.70. The van der Waals surface area contributed by atoms with Crippen molar-refractivity contribution in [1.82, 2.24) is 5.32 Å². The van der Waals surface area contributed by atoms with Crippen molar-refractivity contribution in [2.24, 2.45) is 0 Å². The molecule has 0 saturated heterocycles. The molecule has 1 saturated carbocycles. The van der Waals surface area contributed by atoms with Gasteiger partial charge in [0.1, 0.15) is 5.75 Å². The highest BCUT2D eigenvalue weighted by atomic mass is 35.5. The van der Waals surface area contributed by atoms with E-state index in [-0.39, 0.29) is 17.6 Å². The van der Waals surface area contributed by atoms with Gasteiger partial charge in [0.05, 0.1) is 11.6 Å². The van der Waals surface area contributed by atoms with Crippen LogP contribution in [-0.2, 0) is 0 Å². The largest absolute Gasteiger partial charge is 0.491 e. The van der Waals surface area contributed by atoms with Crippen LogP contribution >= 0.6 is 11.6 Å². The summed E-state index contributed by atoms with van der Waals surface area (Å²) in [5.41, 5.74) is 0.422. The number of carbonyl (C=O) groups excluding carboxylic acids is 1. The van der Waals surface area contributed by atoms with Crippen LogP contribution in [0.5, 0.6) is 5.75 Å². The minimum absolute atomic E-state index is 0.0475. The highest BCUT2D eigenvalue weighted by molar-refractivity contribution is 6.19. The monoisotopic (exact) mass is 309 g/mol. The van der Waals surface area contributed by atoms with Gasteiger partial charge in [0, 0.05) is 11.4 Å². The topological polar surface area (TPSA) is 38.3 Å². The summed E-state index contributed by atoms with van der Waals surface area (Å²) in [7, 11) is 0. The molecule has 3 nitrogen and oxygen atoms in total. The van der Waals surface area contributed by atoms with Crippen LogP contribution in [0.4, 0.5) is 0 Å². The Balaban J connectivity index is 2.02. The molecule has 0 aromatic heterocycles. The van der Waals surface area contributed by atoms with Crippen LogP contribution in [0.2, 0.25) is 0 Å². The Bertz CT molecular complexity index is 464. The summed E-state index contributed by atoms with van der Waals surface area (Å²) in [6, 6.07) is 7.28. The van der Waals surface area contributed by atoms with Gasteiger partial charge in [-0.1, -0.05) is 19.3 Å². The van der Waals surface area contributed by atoms with Crippen molar-refractivity contribution in [3.8, 4) is 5.75 Å². The van der Waals surface area contributed by atoms with Crippen LogP contribution < -0.4 is 10.1 Å². The molecular formula is C17H24ClNO2. The fraction of sp³-hybridized carbons (Fsp3) is 0.588. The Kier molecular flexibility index (Phi) is 5.51. The van der Waals surface area contributed by atoms with Crippen LogP contribution in [-0.4, -0.2) is 23.4 Å². The van der Waals surface area contributed by atoms with Gasteiger partial charge in [0.2, 0.25) is 0 Å². The second-order valence-electron chi connectivity index (χ2n) is 6.12. The van der Waals surface area contributed by atoms with Gasteiger partial charge >= 0.3 is 0 Å². The summed E-state index contributed by atoms with van der Waals surface area (Å²) in [6.45, 7) is 3.96. The third-order valence-electron chi connectivity index (χ3n) is 3.93. The average molecular weight is 310 g/mol. The molecule has 1 aliphatic rings. The first-order chi connectivity index (χ1) is 10.0. The maximum Gasteiger partial charge on any atom is 0.251 e. The van der Waals surface area contributed by atoms with Gasteiger partial charge in [0.25, 0.3) is 5.91 Å². The molecule has 0 unspecified atom stereocenters. The SMILES string of the molecule is CC(C)Oc1ccc(C(=O)NC2(CCl)CCCCC2)cc1. The molecule has 1 N–H and O–H groups in total. The van der Waals surface area contributed by atoms with Gasteiger partial charge in [0.15, 0.2) is 0 Å². The van der Waals surface area contributed by atoms with Crippen LogP contribution in [0.1, 0.15) is 56.3 Å². The predicted molar refractivity (Wildman–Crippen MR) is 86.2 cm³/mol. The Morgan fingerprint density at radius 3 is 2.38 bits per heavy atom. The lowest BCUT2D eigenvalue weighted by molar-refractivity contribution is 0.0885. The summed E-state index contributed by atoms with van der Waals surface area (Å²) in [4.78, 5) is 12.4. The Morgan fingerprint density at radius 2 is 1.86 bits per heavy atom. The molecule has 116 valence electrons. The zero-order chi connectivity index (χ0) is 15.3. The zero-order valence-electron chi connectivity index (χ0n) is 12.8. The summed E-state index contributed by atoms with van der Waals surface area (Å²) >= 11 is 6.12. The average Bonchev–Trinajstić information content (AvgIpc) is 2.48. The zero-order valence-corrected chi connectivity index (χ0v) is 13.6. The summed E-state index contributed by atoms with van der Waals surface area (Å²) < 4.78 is 5.59. The van der Waals surface area contributed by atoms with Gasteiger partial charge < -0.3 is 10.1 Å². The van der Waals surface area contributed by atoms with E-state index < -0.39 is 0 Å². The van der Waals surface area contributed by atoms with E-state index in [9.17, 15) is 4.79 Å². The molecule has 0 spiro atoms. The van der Waals surface area contributed by atoms with Crippen molar-refractivity contribution < 1.29 is 9.53 Å². The molecule has 0 radical (unpaired) electrons. The quantitative estimate of drug-likeness (QED) is 0.830. The lowest BCUT2D eigenvalue weighted by Crippen LogP contribution is -2.51. The lowest BCUT2D eigenvalue weighted by Gasteiger charge is -2.36. The third kappa shape index (κ3) is 4.37. The number of rotatable bonds is 5. The lowest BCUT2D eigenvalue weighted by atomic mass is 9.83. The molecule has 0 atom stereocenters. The molecule has 21 heavy (non-hydrogen) atoms. The van der Waals surface area contributed by atoms with E-state index in [4.69, 9.17) is 16.3 Å². The number of carbonyl (C=O) groups is 1. The first kappa shape index (κ1) is 16.2. The molecule has 0 bridgehead atoms. The summed E-state index contributed by atoms with van der Waals surface area (Å²) in [5, 5.41) is 3.15. The molecule has 1 amide bonds. The first-order valence-corrected chi connectivity index (χ1v) is 8.23. The highest BCUT2D eigenvalue weighted by Crippen LogP contribution is 2.29. The number of hydrogen-bond donors (Lipinski definition) is 1. The van der Waals surface area contributed by atoms with Crippen molar-refractivity contribution >= 4 is 17.5 Å². The van der Waals surface area contributed by atoms with E-state index in [1.807, 2.05) is 26.0 Å². The molecule has 1 fully saturated rings. The normalized spacial score (nSPS) is 17.5. The smallest absolute Gasteiger partial charge is 0.251 e. The maximum absolute atomic E-state index is 12.4. The predicted octanol–water partition coefficient (Wildman–Crippen LogP) is 4.15. The summed E-state index contributed by atoms with van der Waals surface area (Å²) in [6.07, 6.45) is 5.57. The van der Waals surface area contributed by atoms with Crippen LogP contribution in [0.15, 0.2) is 24.3 Å². The number of alkyl halides is 1. The molecule has 4 heteroatoms. The van der Waals surface area contributed by atoms with Gasteiger partial charge in [-0.3, -0.25) is 4.79 Å². The van der Waals surface area contributed by atoms with E-state index in [0.717, 1.165) is 31.4 Å². The fourth-order valence-corrected chi connectivity index (χ4v) is 3.12. The molecule has 0 heterocycles. The molecule has 1 aromatic rings. The van der Waals surface area contributed by atoms with Crippen molar-refractivity contribution in [3.63, 3.8) is 0 Å². The van der Waals surface area contributed by atoms with E-state index >= 15 is 0 Å². The van der Waals surface area contributed by atoms with Gasteiger partial charge in [-0.15, -0.1) is 11.6 Å². The molecule has 0 aliphatic heterocycles. The fourth-order valence-electron chi connectivity index (χ4n) is 2.79. The van der Waals surface area contributed by atoms with Gasteiger partial charge in [-0.25, -0.2) is 0 Å². The van der Waals surface area contributed by atoms with Crippen molar-refractivity contribution in [2.75, 3.05) is 5.88 Å². The van der Waals surface area contributed by atoms with E-state index in [0.29, 0.717) is 11.4 Å². The Morgan fingerprint density at radius 1 is 1.24 bits per heavy atom. The maximum atomic E-state index is 12.4. The third-order valence-corrected chi connectivity index (χ3v) is 4.45. The highest BCUT2D eigenvalue weighted by Gasteiger charge is 2.32.